The molecule has 0 aromatic heterocycles. The summed E-state index contributed by atoms with van der Waals surface area (Å²) in [4.78, 5) is 25.7. The van der Waals surface area contributed by atoms with Crippen molar-refractivity contribution in [3.63, 3.8) is 0 Å². The SMILES string of the molecule is CCCCCCCCCCCCC[C@@H](O)[C@@H]1OC(=O)[C@H](NC(=O)OC(C)(C)C)[C@H]1[Si](C)(C)c1ccccc1. The number of unbranched alkanes of at least 4 members (excludes halogenated alkanes) is 10. The number of carbonyl (C=O) groups is 2. The normalized spacial score (nSPS) is 20.7. The molecule has 1 heterocycles. The van der Waals surface area contributed by atoms with Crippen molar-refractivity contribution in [1.82, 2.24) is 5.32 Å². The van der Waals surface area contributed by atoms with Crippen LogP contribution in [0.2, 0.25) is 18.6 Å². The van der Waals surface area contributed by atoms with E-state index in [-0.39, 0.29) is 5.54 Å². The molecule has 2 rings (SSSR count). The number of aliphatic hydroxyl groups excluding tert-OH is 1. The Morgan fingerprint density at radius 3 is 2.03 bits per heavy atom. The summed E-state index contributed by atoms with van der Waals surface area (Å²) in [6, 6.07) is 9.27. The summed E-state index contributed by atoms with van der Waals surface area (Å²) in [5.74, 6) is -0.486. The third-order valence-electron chi connectivity index (χ3n) is 7.73. The molecule has 1 amide bonds. The second-order valence-electron chi connectivity index (χ2n) is 12.5. The molecule has 0 aliphatic carbocycles. The van der Waals surface area contributed by atoms with Crippen LogP contribution in [0.1, 0.15) is 105 Å². The standard InChI is InChI=1S/C31H53NO5Si/c1-7-8-9-10-11-12-13-14-15-16-20-23-25(33)27-28(38(5,6)24-21-18-17-19-22-24)26(29(34)36-27)32-30(35)37-31(2,3)4/h17-19,21-22,25-28,33H,7-16,20,23H2,1-6H3,(H,32,35)/t25-,26-,27+,28-/m1/s1. The van der Waals surface area contributed by atoms with E-state index in [1.807, 2.05) is 18.2 Å². The minimum absolute atomic E-state index is 0.312. The number of rotatable bonds is 16. The first-order valence-corrected chi connectivity index (χ1v) is 18.0. The molecule has 1 fully saturated rings. The monoisotopic (exact) mass is 547 g/mol. The van der Waals surface area contributed by atoms with Gasteiger partial charge >= 0.3 is 12.1 Å². The van der Waals surface area contributed by atoms with Crippen molar-refractivity contribution in [2.45, 2.75) is 147 Å². The Kier molecular flexibility index (Phi) is 13.3. The molecular weight excluding hydrogens is 494 g/mol. The van der Waals surface area contributed by atoms with Crippen LogP contribution in [0, 0.1) is 0 Å². The van der Waals surface area contributed by atoms with E-state index in [4.69, 9.17) is 9.47 Å². The van der Waals surface area contributed by atoms with Crippen LogP contribution in [-0.4, -0.2) is 49.1 Å². The minimum atomic E-state index is -2.36. The number of benzene rings is 1. The number of cyclic esters (lactones) is 1. The Bertz CT molecular complexity index is 838. The molecule has 0 unspecified atom stereocenters. The van der Waals surface area contributed by atoms with E-state index < -0.39 is 44.0 Å². The zero-order valence-electron chi connectivity index (χ0n) is 24.8. The summed E-state index contributed by atoms with van der Waals surface area (Å²) in [7, 11) is -2.36. The van der Waals surface area contributed by atoms with Crippen LogP contribution in [0.4, 0.5) is 4.79 Å². The molecule has 0 bridgehead atoms. The van der Waals surface area contributed by atoms with Crippen molar-refractivity contribution >= 4 is 25.3 Å². The summed E-state index contributed by atoms with van der Waals surface area (Å²) in [5.41, 5.74) is -0.991. The largest absolute Gasteiger partial charge is 0.458 e. The zero-order valence-corrected chi connectivity index (χ0v) is 25.8. The lowest BCUT2D eigenvalue weighted by Gasteiger charge is -2.37. The molecule has 6 nitrogen and oxygen atoms in total. The highest BCUT2D eigenvalue weighted by Gasteiger charge is 2.56. The second kappa shape index (κ2) is 15.7. The lowest BCUT2D eigenvalue weighted by Crippen LogP contribution is -2.57. The van der Waals surface area contributed by atoms with Gasteiger partial charge < -0.3 is 19.9 Å². The van der Waals surface area contributed by atoms with Gasteiger partial charge in [-0.2, -0.15) is 0 Å². The molecular formula is C31H53NO5Si. The summed E-state index contributed by atoms with van der Waals surface area (Å²) >= 11 is 0. The van der Waals surface area contributed by atoms with Gasteiger partial charge in [-0.3, -0.25) is 0 Å². The lowest BCUT2D eigenvalue weighted by atomic mass is 10.0. The molecule has 0 saturated carbocycles. The lowest BCUT2D eigenvalue weighted by molar-refractivity contribution is -0.146. The van der Waals surface area contributed by atoms with Crippen molar-refractivity contribution in [3.05, 3.63) is 30.3 Å². The molecule has 2 N–H and O–H groups in total. The first-order chi connectivity index (χ1) is 18.0. The molecule has 1 aromatic rings. The van der Waals surface area contributed by atoms with E-state index in [2.05, 4.69) is 37.5 Å². The minimum Gasteiger partial charge on any atom is -0.458 e. The molecule has 38 heavy (non-hydrogen) atoms. The Hall–Kier alpha value is -1.86. The fourth-order valence-corrected chi connectivity index (χ4v) is 9.19. The fraction of sp³-hybridized carbons (Fsp3) is 0.742. The summed E-state index contributed by atoms with van der Waals surface area (Å²) < 4.78 is 11.3. The predicted octanol–water partition coefficient (Wildman–Crippen LogP) is 6.85. The number of hydrogen-bond acceptors (Lipinski definition) is 5. The van der Waals surface area contributed by atoms with Gasteiger partial charge in [-0.05, 0) is 27.2 Å². The molecule has 0 radical (unpaired) electrons. The maximum absolute atomic E-state index is 13.1. The molecule has 1 saturated heterocycles. The predicted molar refractivity (Wildman–Crippen MR) is 157 cm³/mol. The number of ether oxygens (including phenoxy) is 2. The number of esters is 1. The van der Waals surface area contributed by atoms with Gasteiger partial charge in [0.25, 0.3) is 0 Å². The Labute approximate surface area is 232 Å². The third kappa shape index (κ3) is 10.4. The number of amides is 1. The van der Waals surface area contributed by atoms with E-state index in [0.29, 0.717) is 6.42 Å². The highest BCUT2D eigenvalue weighted by molar-refractivity contribution is 6.91. The fourth-order valence-electron chi connectivity index (χ4n) is 5.59. The van der Waals surface area contributed by atoms with Crippen molar-refractivity contribution in [2.75, 3.05) is 0 Å². The van der Waals surface area contributed by atoms with Gasteiger partial charge in [0.2, 0.25) is 0 Å². The number of hydrogen-bond donors (Lipinski definition) is 2. The number of aliphatic hydroxyl groups is 1. The number of alkyl carbamates (subject to hydrolysis) is 1. The molecule has 0 spiro atoms. The topological polar surface area (TPSA) is 84.9 Å². The van der Waals surface area contributed by atoms with E-state index in [0.717, 1.165) is 18.0 Å². The number of nitrogens with one attached hydrogen (secondary N) is 1. The first-order valence-electron chi connectivity index (χ1n) is 14.9. The van der Waals surface area contributed by atoms with Crippen molar-refractivity contribution in [3.8, 4) is 0 Å². The van der Waals surface area contributed by atoms with Crippen LogP contribution in [0.25, 0.3) is 0 Å². The van der Waals surface area contributed by atoms with Crippen molar-refractivity contribution in [1.29, 1.82) is 0 Å². The van der Waals surface area contributed by atoms with Gasteiger partial charge in [-0.1, -0.05) is 126 Å². The Morgan fingerprint density at radius 2 is 1.50 bits per heavy atom. The van der Waals surface area contributed by atoms with Crippen molar-refractivity contribution < 1.29 is 24.2 Å². The first kappa shape index (κ1) is 32.3. The Balaban J connectivity index is 1.97. The van der Waals surface area contributed by atoms with Crippen LogP contribution in [0.15, 0.2) is 30.3 Å². The maximum atomic E-state index is 13.1. The van der Waals surface area contributed by atoms with Gasteiger partial charge in [0.15, 0.2) is 0 Å². The molecule has 1 aromatic carbocycles. The summed E-state index contributed by atoms with van der Waals surface area (Å²) in [6.07, 6.45) is 12.2. The van der Waals surface area contributed by atoms with Gasteiger partial charge in [0, 0.05) is 5.54 Å². The van der Waals surface area contributed by atoms with Crippen LogP contribution in [-0.2, 0) is 14.3 Å². The molecule has 1 aliphatic heterocycles. The summed E-state index contributed by atoms with van der Waals surface area (Å²) in [6.45, 7) is 12.0. The van der Waals surface area contributed by atoms with Gasteiger partial charge in [0.05, 0.1) is 14.2 Å². The average molecular weight is 548 g/mol. The average Bonchev–Trinajstić information content (AvgIpc) is 3.18. The highest BCUT2D eigenvalue weighted by Crippen LogP contribution is 2.40. The third-order valence-corrected chi connectivity index (χ3v) is 11.9. The van der Waals surface area contributed by atoms with Crippen LogP contribution in [0.5, 0.6) is 0 Å². The quantitative estimate of drug-likeness (QED) is 0.134. The molecule has 4 atom stereocenters. The van der Waals surface area contributed by atoms with Crippen molar-refractivity contribution in [2.24, 2.45) is 0 Å². The smallest absolute Gasteiger partial charge is 0.408 e. The van der Waals surface area contributed by atoms with E-state index in [1.165, 1.54) is 57.8 Å². The zero-order chi connectivity index (χ0) is 28.2. The van der Waals surface area contributed by atoms with Crippen LogP contribution in [0.3, 0.4) is 0 Å². The maximum Gasteiger partial charge on any atom is 0.408 e. The Morgan fingerprint density at radius 1 is 0.974 bits per heavy atom. The van der Waals surface area contributed by atoms with E-state index in [9.17, 15) is 14.7 Å². The van der Waals surface area contributed by atoms with Crippen LogP contribution < -0.4 is 10.5 Å². The number of carbonyl (C=O) groups excluding carboxylic acids is 2. The van der Waals surface area contributed by atoms with Gasteiger partial charge in [0.1, 0.15) is 17.7 Å². The van der Waals surface area contributed by atoms with E-state index in [1.54, 1.807) is 20.8 Å². The molecule has 1 aliphatic rings. The van der Waals surface area contributed by atoms with Crippen LogP contribution >= 0.6 is 0 Å². The molecule has 7 heteroatoms. The highest BCUT2D eigenvalue weighted by atomic mass is 28.3. The van der Waals surface area contributed by atoms with Gasteiger partial charge in [-0.15, -0.1) is 0 Å². The summed E-state index contributed by atoms with van der Waals surface area (Å²) in [5, 5.41) is 15.2. The van der Waals surface area contributed by atoms with Gasteiger partial charge in [-0.25, -0.2) is 9.59 Å². The second-order valence-corrected chi connectivity index (χ2v) is 17.2. The van der Waals surface area contributed by atoms with E-state index >= 15 is 0 Å². The molecule has 216 valence electrons.